The Hall–Kier alpha value is -0.990. The summed E-state index contributed by atoms with van der Waals surface area (Å²) in [5.41, 5.74) is -0.158. The highest BCUT2D eigenvalue weighted by Crippen LogP contribution is 2.25. The molecule has 1 aliphatic carbocycles. The summed E-state index contributed by atoms with van der Waals surface area (Å²) in [6.45, 7) is 5.80. The van der Waals surface area contributed by atoms with Crippen LogP contribution < -0.4 is 0 Å². The lowest BCUT2D eigenvalue weighted by Gasteiger charge is -2.22. The van der Waals surface area contributed by atoms with Gasteiger partial charge in [-0.25, -0.2) is 0 Å². The Balaban J connectivity index is 2.72. The molecular weight excluding hydrogens is 192 g/mol. The molecular formula is C12H18O3. The van der Waals surface area contributed by atoms with Gasteiger partial charge in [0.15, 0.2) is 17.3 Å². The molecule has 0 N–H and O–H groups in total. The van der Waals surface area contributed by atoms with Crippen LogP contribution in [0.2, 0.25) is 0 Å². The van der Waals surface area contributed by atoms with E-state index in [4.69, 9.17) is 0 Å². The van der Waals surface area contributed by atoms with Crippen LogP contribution in [0.15, 0.2) is 0 Å². The van der Waals surface area contributed by atoms with E-state index in [2.05, 4.69) is 0 Å². The molecule has 0 aliphatic heterocycles. The van der Waals surface area contributed by atoms with E-state index in [0.717, 1.165) is 0 Å². The number of hydrogen-bond acceptors (Lipinski definition) is 3. The van der Waals surface area contributed by atoms with Crippen LogP contribution in [0.4, 0.5) is 0 Å². The van der Waals surface area contributed by atoms with E-state index in [9.17, 15) is 14.4 Å². The summed E-state index contributed by atoms with van der Waals surface area (Å²) in [4.78, 5) is 34.8. The SMILES string of the molecule is CC(C)(C)CC(=O)C1C(=O)CCCC1=O. The van der Waals surface area contributed by atoms with Crippen molar-refractivity contribution in [3.8, 4) is 0 Å². The highest BCUT2D eigenvalue weighted by molar-refractivity contribution is 6.20. The Bertz CT molecular complexity index is 280. The summed E-state index contributed by atoms with van der Waals surface area (Å²) in [5, 5.41) is 0. The van der Waals surface area contributed by atoms with Crippen LogP contribution >= 0.6 is 0 Å². The molecule has 1 aliphatic rings. The topological polar surface area (TPSA) is 51.2 Å². The van der Waals surface area contributed by atoms with Gasteiger partial charge in [0, 0.05) is 19.3 Å². The van der Waals surface area contributed by atoms with Gasteiger partial charge < -0.3 is 0 Å². The number of ketones is 3. The zero-order valence-corrected chi connectivity index (χ0v) is 9.63. The molecule has 0 heterocycles. The highest BCUT2D eigenvalue weighted by atomic mass is 16.2. The van der Waals surface area contributed by atoms with Crippen LogP contribution in [0.1, 0.15) is 46.5 Å². The van der Waals surface area contributed by atoms with Gasteiger partial charge in [-0.15, -0.1) is 0 Å². The average molecular weight is 210 g/mol. The molecule has 0 radical (unpaired) electrons. The molecule has 0 bridgehead atoms. The lowest BCUT2D eigenvalue weighted by atomic mass is 9.78. The molecule has 84 valence electrons. The molecule has 0 aromatic carbocycles. The van der Waals surface area contributed by atoms with Gasteiger partial charge in [0.05, 0.1) is 0 Å². The number of carbonyl (C=O) groups is 3. The molecule has 0 spiro atoms. The number of rotatable bonds is 2. The molecule has 3 nitrogen and oxygen atoms in total. The second-order valence-electron chi connectivity index (χ2n) is 5.42. The van der Waals surface area contributed by atoms with Crippen molar-refractivity contribution in [3.63, 3.8) is 0 Å². The quantitative estimate of drug-likeness (QED) is 0.654. The minimum absolute atomic E-state index is 0.158. The number of carbonyl (C=O) groups excluding carboxylic acids is 3. The van der Waals surface area contributed by atoms with Crippen LogP contribution in [0.25, 0.3) is 0 Å². The van der Waals surface area contributed by atoms with Crippen molar-refractivity contribution in [2.75, 3.05) is 0 Å². The molecule has 1 fully saturated rings. The Morgan fingerprint density at radius 2 is 1.67 bits per heavy atom. The zero-order chi connectivity index (χ0) is 11.6. The Labute approximate surface area is 90.2 Å². The second-order valence-corrected chi connectivity index (χ2v) is 5.42. The largest absolute Gasteiger partial charge is 0.298 e. The van der Waals surface area contributed by atoms with Crippen LogP contribution in [0.3, 0.4) is 0 Å². The predicted molar refractivity (Wildman–Crippen MR) is 56.4 cm³/mol. The van der Waals surface area contributed by atoms with E-state index >= 15 is 0 Å². The molecule has 1 rings (SSSR count). The molecule has 0 aromatic rings. The van der Waals surface area contributed by atoms with Crippen LogP contribution in [0.5, 0.6) is 0 Å². The minimum atomic E-state index is -0.946. The first-order valence-corrected chi connectivity index (χ1v) is 5.39. The van der Waals surface area contributed by atoms with Crippen molar-refractivity contribution < 1.29 is 14.4 Å². The molecule has 0 aromatic heterocycles. The lowest BCUT2D eigenvalue weighted by Crippen LogP contribution is -2.36. The molecule has 15 heavy (non-hydrogen) atoms. The first-order chi connectivity index (χ1) is 6.81. The summed E-state index contributed by atoms with van der Waals surface area (Å²) in [7, 11) is 0. The molecule has 0 atom stereocenters. The molecule has 3 heteroatoms. The van der Waals surface area contributed by atoms with Gasteiger partial charge in [-0.1, -0.05) is 20.8 Å². The Morgan fingerprint density at radius 3 is 2.07 bits per heavy atom. The summed E-state index contributed by atoms with van der Waals surface area (Å²) < 4.78 is 0. The summed E-state index contributed by atoms with van der Waals surface area (Å²) in [6.07, 6.45) is 1.67. The van der Waals surface area contributed by atoms with Gasteiger partial charge in [0.2, 0.25) is 0 Å². The fourth-order valence-corrected chi connectivity index (χ4v) is 1.89. The van der Waals surface area contributed by atoms with Gasteiger partial charge in [-0.05, 0) is 11.8 Å². The van der Waals surface area contributed by atoms with Crippen molar-refractivity contribution >= 4 is 17.3 Å². The third-order valence-electron chi connectivity index (χ3n) is 2.52. The van der Waals surface area contributed by atoms with E-state index in [0.29, 0.717) is 25.7 Å². The van der Waals surface area contributed by atoms with E-state index < -0.39 is 5.92 Å². The lowest BCUT2D eigenvalue weighted by molar-refractivity contribution is -0.142. The van der Waals surface area contributed by atoms with Gasteiger partial charge in [-0.2, -0.15) is 0 Å². The third kappa shape index (κ3) is 3.26. The Morgan fingerprint density at radius 1 is 1.20 bits per heavy atom. The smallest absolute Gasteiger partial charge is 0.151 e. The van der Waals surface area contributed by atoms with Gasteiger partial charge in [0.1, 0.15) is 5.92 Å². The van der Waals surface area contributed by atoms with Crippen LogP contribution in [0, 0.1) is 11.3 Å². The van der Waals surface area contributed by atoms with E-state index in [-0.39, 0.29) is 22.8 Å². The minimum Gasteiger partial charge on any atom is -0.298 e. The zero-order valence-electron chi connectivity index (χ0n) is 9.63. The van der Waals surface area contributed by atoms with E-state index in [1.165, 1.54) is 0 Å². The van der Waals surface area contributed by atoms with Crippen LogP contribution in [-0.4, -0.2) is 17.3 Å². The van der Waals surface area contributed by atoms with Crippen molar-refractivity contribution in [2.45, 2.75) is 46.5 Å². The van der Waals surface area contributed by atoms with Crippen molar-refractivity contribution in [1.82, 2.24) is 0 Å². The normalized spacial score (nSPS) is 19.4. The van der Waals surface area contributed by atoms with Crippen molar-refractivity contribution in [2.24, 2.45) is 11.3 Å². The monoisotopic (exact) mass is 210 g/mol. The fraction of sp³-hybridized carbons (Fsp3) is 0.750. The highest BCUT2D eigenvalue weighted by Gasteiger charge is 2.36. The molecule has 0 amide bonds. The second kappa shape index (κ2) is 4.25. The maximum Gasteiger partial charge on any atom is 0.151 e. The summed E-state index contributed by atoms with van der Waals surface area (Å²) in [6, 6.07) is 0. The van der Waals surface area contributed by atoms with Gasteiger partial charge in [0.25, 0.3) is 0 Å². The standard InChI is InChI=1S/C12H18O3/c1-12(2,3)7-10(15)11-8(13)5-4-6-9(11)14/h11H,4-7H2,1-3H3. The Kier molecular flexibility index (Phi) is 3.42. The van der Waals surface area contributed by atoms with E-state index in [1.54, 1.807) is 0 Å². The molecule has 0 saturated heterocycles. The number of hydrogen-bond donors (Lipinski definition) is 0. The predicted octanol–water partition coefficient (Wildman–Crippen LogP) is 1.93. The fourth-order valence-electron chi connectivity index (χ4n) is 1.89. The van der Waals surface area contributed by atoms with E-state index in [1.807, 2.05) is 20.8 Å². The maximum atomic E-state index is 11.8. The molecule has 0 unspecified atom stereocenters. The van der Waals surface area contributed by atoms with Crippen LogP contribution in [-0.2, 0) is 14.4 Å². The third-order valence-corrected chi connectivity index (χ3v) is 2.52. The summed E-state index contributed by atoms with van der Waals surface area (Å²) >= 11 is 0. The number of Topliss-reactive ketones (excluding diaryl/α,β-unsaturated/α-hetero) is 3. The van der Waals surface area contributed by atoms with Gasteiger partial charge >= 0.3 is 0 Å². The van der Waals surface area contributed by atoms with Crippen molar-refractivity contribution in [3.05, 3.63) is 0 Å². The molecule has 1 saturated carbocycles. The average Bonchev–Trinajstić information content (AvgIpc) is 1.99. The maximum absolute atomic E-state index is 11.8. The summed E-state index contributed by atoms with van der Waals surface area (Å²) in [5.74, 6) is -1.50. The van der Waals surface area contributed by atoms with Gasteiger partial charge in [-0.3, -0.25) is 14.4 Å². The van der Waals surface area contributed by atoms with Crippen molar-refractivity contribution in [1.29, 1.82) is 0 Å². The first kappa shape index (κ1) is 12.1. The first-order valence-electron chi connectivity index (χ1n) is 5.39.